The molecule has 7 heteroatoms. The lowest BCUT2D eigenvalue weighted by molar-refractivity contribution is 1.21. The second kappa shape index (κ2) is 6.08. The predicted molar refractivity (Wildman–Crippen MR) is 94.7 cm³/mol. The SMILES string of the molecule is Clc1ccc(Nc2ncnc3c(Br)cc(Br)cc23)cc1Cl. The maximum absolute atomic E-state index is 6.03. The lowest BCUT2D eigenvalue weighted by Gasteiger charge is -2.10. The van der Waals surface area contributed by atoms with Crippen molar-refractivity contribution < 1.29 is 0 Å². The molecule has 0 unspecified atom stereocenters. The Morgan fingerprint density at radius 3 is 2.52 bits per heavy atom. The standard InChI is InChI=1S/C14H7Br2Cl2N3/c15-7-3-9-13(10(16)4-7)19-6-20-14(9)21-8-1-2-11(17)12(18)5-8/h1-6H,(H,19,20,21). The van der Waals surface area contributed by atoms with Gasteiger partial charge in [-0.3, -0.25) is 0 Å². The molecule has 1 heterocycles. The fourth-order valence-electron chi connectivity index (χ4n) is 1.90. The van der Waals surface area contributed by atoms with Crippen molar-refractivity contribution in [2.75, 3.05) is 5.32 Å². The van der Waals surface area contributed by atoms with Gasteiger partial charge >= 0.3 is 0 Å². The van der Waals surface area contributed by atoms with E-state index in [4.69, 9.17) is 23.2 Å². The highest BCUT2D eigenvalue weighted by Crippen LogP contribution is 2.32. The smallest absolute Gasteiger partial charge is 0.141 e. The summed E-state index contributed by atoms with van der Waals surface area (Å²) in [5.74, 6) is 0.695. The van der Waals surface area contributed by atoms with Crippen molar-refractivity contribution in [3.8, 4) is 0 Å². The molecule has 0 aliphatic rings. The van der Waals surface area contributed by atoms with Crippen molar-refractivity contribution in [1.29, 1.82) is 0 Å². The molecule has 3 aromatic rings. The molecule has 0 spiro atoms. The third kappa shape index (κ3) is 3.16. The lowest BCUT2D eigenvalue weighted by atomic mass is 10.2. The van der Waals surface area contributed by atoms with Crippen molar-refractivity contribution in [2.24, 2.45) is 0 Å². The molecular formula is C14H7Br2Cl2N3. The van der Waals surface area contributed by atoms with Gasteiger partial charge in [-0.1, -0.05) is 39.1 Å². The van der Waals surface area contributed by atoms with Crippen LogP contribution in [0.25, 0.3) is 10.9 Å². The van der Waals surface area contributed by atoms with Gasteiger partial charge in [0.1, 0.15) is 12.1 Å². The summed E-state index contributed by atoms with van der Waals surface area (Å²) in [6, 6.07) is 9.24. The largest absolute Gasteiger partial charge is 0.340 e. The number of aromatic nitrogens is 2. The first kappa shape index (κ1) is 15.0. The minimum Gasteiger partial charge on any atom is -0.340 e. The number of fused-ring (bicyclic) bond motifs is 1. The molecular weight excluding hydrogens is 441 g/mol. The highest BCUT2D eigenvalue weighted by molar-refractivity contribution is 9.11. The van der Waals surface area contributed by atoms with Crippen LogP contribution in [0, 0.1) is 0 Å². The highest BCUT2D eigenvalue weighted by Gasteiger charge is 2.09. The van der Waals surface area contributed by atoms with Gasteiger partial charge in [-0.25, -0.2) is 9.97 Å². The van der Waals surface area contributed by atoms with E-state index in [1.165, 1.54) is 6.33 Å². The average Bonchev–Trinajstić information content (AvgIpc) is 2.44. The number of hydrogen-bond acceptors (Lipinski definition) is 3. The number of halogens is 4. The van der Waals surface area contributed by atoms with Crippen molar-refractivity contribution >= 4 is 77.5 Å². The molecule has 3 rings (SSSR count). The third-order valence-corrected chi connectivity index (χ3v) is 4.64. The van der Waals surface area contributed by atoms with Gasteiger partial charge in [0.25, 0.3) is 0 Å². The number of hydrogen-bond donors (Lipinski definition) is 1. The number of nitrogens with zero attached hydrogens (tertiary/aromatic N) is 2. The Balaban J connectivity index is 2.10. The first-order valence-corrected chi connectivity index (χ1v) is 8.20. The maximum Gasteiger partial charge on any atom is 0.141 e. The van der Waals surface area contributed by atoms with Crippen LogP contribution in [0.1, 0.15) is 0 Å². The van der Waals surface area contributed by atoms with Crippen LogP contribution >= 0.6 is 55.1 Å². The zero-order valence-corrected chi connectivity index (χ0v) is 15.1. The molecule has 1 N–H and O–H groups in total. The van der Waals surface area contributed by atoms with E-state index >= 15 is 0 Å². The van der Waals surface area contributed by atoms with Gasteiger partial charge in [-0.15, -0.1) is 0 Å². The van der Waals surface area contributed by atoms with E-state index in [1.807, 2.05) is 18.2 Å². The second-order valence-corrected chi connectivity index (χ2v) is 6.84. The highest BCUT2D eigenvalue weighted by atomic mass is 79.9. The van der Waals surface area contributed by atoms with Gasteiger partial charge in [0, 0.05) is 20.0 Å². The molecule has 0 bridgehead atoms. The summed E-state index contributed by atoms with van der Waals surface area (Å²) >= 11 is 18.9. The van der Waals surface area contributed by atoms with Crippen LogP contribution in [0.5, 0.6) is 0 Å². The Morgan fingerprint density at radius 2 is 1.76 bits per heavy atom. The van der Waals surface area contributed by atoms with E-state index in [0.717, 1.165) is 25.5 Å². The molecule has 106 valence electrons. The average molecular weight is 448 g/mol. The van der Waals surface area contributed by atoms with E-state index in [1.54, 1.807) is 12.1 Å². The van der Waals surface area contributed by atoms with Crippen molar-refractivity contribution in [1.82, 2.24) is 9.97 Å². The molecule has 0 aliphatic heterocycles. The molecule has 0 saturated heterocycles. The Labute approximate surface area is 148 Å². The van der Waals surface area contributed by atoms with E-state index in [2.05, 4.69) is 47.1 Å². The van der Waals surface area contributed by atoms with Crippen LogP contribution in [0.3, 0.4) is 0 Å². The number of benzene rings is 2. The van der Waals surface area contributed by atoms with E-state index in [0.29, 0.717) is 15.9 Å². The zero-order chi connectivity index (χ0) is 15.0. The minimum absolute atomic E-state index is 0.488. The fourth-order valence-corrected chi connectivity index (χ4v) is 3.53. The first-order chi connectivity index (χ1) is 10.0. The van der Waals surface area contributed by atoms with Crippen LogP contribution in [0.2, 0.25) is 10.0 Å². The minimum atomic E-state index is 0.488. The van der Waals surface area contributed by atoms with Crippen LogP contribution in [-0.4, -0.2) is 9.97 Å². The monoisotopic (exact) mass is 445 g/mol. The van der Waals surface area contributed by atoms with Crippen LogP contribution in [0.15, 0.2) is 45.6 Å². The van der Waals surface area contributed by atoms with Gasteiger partial charge in [-0.2, -0.15) is 0 Å². The van der Waals surface area contributed by atoms with Crippen LogP contribution in [0.4, 0.5) is 11.5 Å². The summed E-state index contributed by atoms with van der Waals surface area (Å²) < 4.78 is 1.83. The summed E-state index contributed by atoms with van der Waals surface area (Å²) in [5, 5.41) is 5.13. The molecule has 21 heavy (non-hydrogen) atoms. The molecule has 0 fully saturated rings. The topological polar surface area (TPSA) is 37.8 Å². The van der Waals surface area contributed by atoms with Crippen molar-refractivity contribution in [3.05, 3.63) is 55.6 Å². The van der Waals surface area contributed by atoms with Gasteiger partial charge in [0.05, 0.1) is 15.6 Å². The molecule has 2 aromatic carbocycles. The molecule has 1 aromatic heterocycles. The summed E-state index contributed by atoms with van der Waals surface area (Å²) in [5.41, 5.74) is 1.64. The Hall–Kier alpha value is -0.880. The predicted octanol–water partition coefficient (Wildman–Crippen LogP) is 6.21. The van der Waals surface area contributed by atoms with Gasteiger partial charge in [0.2, 0.25) is 0 Å². The van der Waals surface area contributed by atoms with Crippen LogP contribution < -0.4 is 5.32 Å². The van der Waals surface area contributed by atoms with Gasteiger partial charge in [-0.05, 0) is 46.3 Å². The Morgan fingerprint density at radius 1 is 0.952 bits per heavy atom. The third-order valence-electron chi connectivity index (χ3n) is 2.84. The molecule has 0 saturated carbocycles. The normalized spacial score (nSPS) is 10.9. The van der Waals surface area contributed by atoms with Crippen LogP contribution in [-0.2, 0) is 0 Å². The van der Waals surface area contributed by atoms with Gasteiger partial charge < -0.3 is 5.32 Å². The molecule has 0 atom stereocenters. The van der Waals surface area contributed by atoms with E-state index in [-0.39, 0.29) is 0 Å². The number of nitrogens with one attached hydrogen (secondary N) is 1. The summed E-state index contributed by atoms with van der Waals surface area (Å²) in [6.45, 7) is 0. The first-order valence-electron chi connectivity index (χ1n) is 5.86. The van der Waals surface area contributed by atoms with E-state index in [9.17, 15) is 0 Å². The summed E-state index contributed by atoms with van der Waals surface area (Å²) in [4.78, 5) is 8.59. The fraction of sp³-hybridized carbons (Fsp3) is 0. The number of anilines is 2. The Bertz CT molecular complexity index is 840. The zero-order valence-electron chi connectivity index (χ0n) is 10.4. The Kier molecular flexibility index (Phi) is 4.36. The van der Waals surface area contributed by atoms with Gasteiger partial charge in [0.15, 0.2) is 0 Å². The maximum atomic E-state index is 6.03. The molecule has 0 radical (unpaired) electrons. The molecule has 0 amide bonds. The summed E-state index contributed by atoms with van der Waals surface area (Å²) in [7, 11) is 0. The van der Waals surface area contributed by atoms with Crippen molar-refractivity contribution in [3.63, 3.8) is 0 Å². The second-order valence-electron chi connectivity index (χ2n) is 4.26. The molecule has 3 nitrogen and oxygen atoms in total. The van der Waals surface area contributed by atoms with E-state index < -0.39 is 0 Å². The van der Waals surface area contributed by atoms with Crippen molar-refractivity contribution in [2.45, 2.75) is 0 Å². The quantitative estimate of drug-likeness (QED) is 0.507. The molecule has 0 aliphatic carbocycles. The summed E-state index contributed by atoms with van der Waals surface area (Å²) in [6.07, 6.45) is 1.51. The number of rotatable bonds is 2. The lowest BCUT2D eigenvalue weighted by Crippen LogP contribution is -1.96.